The van der Waals surface area contributed by atoms with Crippen LogP contribution in [0, 0.1) is 0 Å². The molecule has 3 aliphatic rings. The highest BCUT2D eigenvalue weighted by atomic mass is 16.7. The van der Waals surface area contributed by atoms with E-state index in [1.165, 1.54) is 51.4 Å². The second-order valence-corrected chi connectivity index (χ2v) is 10.5. The van der Waals surface area contributed by atoms with E-state index in [9.17, 15) is 9.90 Å². The predicted molar refractivity (Wildman–Crippen MR) is 123 cm³/mol. The largest absolute Gasteiger partial charge is 0.460 e. The highest BCUT2D eigenvalue weighted by molar-refractivity contribution is 5.71. The van der Waals surface area contributed by atoms with Crippen molar-refractivity contribution in [3.63, 3.8) is 0 Å². The van der Waals surface area contributed by atoms with E-state index in [0.717, 1.165) is 32.1 Å². The Hall–Kier alpha value is -0.690. The second kappa shape index (κ2) is 12.7. The van der Waals surface area contributed by atoms with Gasteiger partial charge in [-0.2, -0.15) is 0 Å². The van der Waals surface area contributed by atoms with Crippen LogP contribution in [-0.4, -0.2) is 53.5 Å². The van der Waals surface area contributed by atoms with Gasteiger partial charge in [0.1, 0.15) is 6.10 Å². The maximum Gasteiger partial charge on any atom is 0.306 e. The third-order valence-electron chi connectivity index (χ3n) is 7.22. The summed E-state index contributed by atoms with van der Waals surface area (Å²) in [4.78, 5) is 11.4. The summed E-state index contributed by atoms with van der Waals surface area (Å²) in [5.74, 6) is -0.687. The van der Waals surface area contributed by atoms with E-state index in [-0.39, 0.29) is 36.5 Å². The first-order valence-electron chi connectivity index (χ1n) is 13.3. The molecule has 186 valence electrons. The van der Waals surface area contributed by atoms with Gasteiger partial charge in [0.05, 0.1) is 30.5 Å². The fraction of sp³-hybridized carbons (Fsp3) is 0.962. The van der Waals surface area contributed by atoms with Crippen LogP contribution in [0.3, 0.4) is 0 Å². The number of aliphatic hydroxyl groups is 1. The molecule has 0 radical (unpaired) electrons. The molecule has 0 aromatic heterocycles. The van der Waals surface area contributed by atoms with Crippen molar-refractivity contribution in [2.75, 3.05) is 0 Å². The summed E-state index contributed by atoms with van der Waals surface area (Å²) >= 11 is 0. The Morgan fingerprint density at radius 1 is 0.906 bits per heavy atom. The Bertz CT molecular complexity index is 565. The number of esters is 1. The molecule has 0 spiro atoms. The lowest BCUT2D eigenvalue weighted by Crippen LogP contribution is -2.32. The number of hydrogen-bond acceptors (Lipinski definition) is 6. The van der Waals surface area contributed by atoms with Crippen molar-refractivity contribution in [3.8, 4) is 0 Å². The van der Waals surface area contributed by atoms with Gasteiger partial charge >= 0.3 is 5.97 Å². The van der Waals surface area contributed by atoms with E-state index in [2.05, 4.69) is 6.92 Å². The van der Waals surface area contributed by atoms with Crippen LogP contribution in [0.15, 0.2) is 0 Å². The molecule has 3 saturated heterocycles. The summed E-state index contributed by atoms with van der Waals surface area (Å²) in [7, 11) is 0. The number of carbonyl (C=O) groups is 1. The van der Waals surface area contributed by atoms with Crippen molar-refractivity contribution in [1.82, 2.24) is 0 Å². The summed E-state index contributed by atoms with van der Waals surface area (Å²) in [6.45, 7) is 6.22. The van der Waals surface area contributed by atoms with E-state index < -0.39 is 11.9 Å². The van der Waals surface area contributed by atoms with Crippen LogP contribution >= 0.6 is 0 Å². The van der Waals surface area contributed by atoms with E-state index in [1.54, 1.807) is 0 Å². The molecule has 0 saturated carbocycles. The number of rotatable bonds is 14. The zero-order valence-electron chi connectivity index (χ0n) is 20.6. The lowest BCUT2D eigenvalue weighted by Gasteiger charge is -2.23. The fourth-order valence-corrected chi connectivity index (χ4v) is 5.45. The van der Waals surface area contributed by atoms with Crippen molar-refractivity contribution >= 4 is 5.97 Å². The molecule has 0 bridgehead atoms. The Balaban J connectivity index is 1.34. The highest BCUT2D eigenvalue weighted by Gasteiger charge is 2.42. The van der Waals surface area contributed by atoms with Crippen LogP contribution in [0.5, 0.6) is 0 Å². The third-order valence-corrected chi connectivity index (χ3v) is 7.22. The molecule has 0 aromatic carbocycles. The Kier molecular flexibility index (Phi) is 10.3. The molecule has 0 amide bonds. The zero-order valence-corrected chi connectivity index (χ0v) is 20.6. The summed E-state index contributed by atoms with van der Waals surface area (Å²) in [6.07, 6.45) is 15.0. The average molecular weight is 455 g/mol. The summed E-state index contributed by atoms with van der Waals surface area (Å²) in [5, 5.41) is 10.7. The Morgan fingerprint density at radius 2 is 1.56 bits per heavy atom. The van der Waals surface area contributed by atoms with Gasteiger partial charge in [-0.05, 0) is 52.4 Å². The van der Waals surface area contributed by atoms with Gasteiger partial charge in [-0.1, -0.05) is 58.3 Å². The minimum atomic E-state index is -0.554. The quantitative estimate of drug-likeness (QED) is 0.279. The summed E-state index contributed by atoms with van der Waals surface area (Å²) in [5.41, 5.74) is 0. The monoisotopic (exact) mass is 454 g/mol. The standard InChI is InChI=1S/C26H46O6/c1-4-5-6-7-8-9-10-11-12-23-24(32-26(2,3)31-23)14-13-19(27)20-15-16-21(29-20)22-17-18-25(28)30-22/h19-24,27H,4-18H2,1-3H3/t19-,20+,21+,22-,23-,24-/m1/s1. The van der Waals surface area contributed by atoms with E-state index >= 15 is 0 Å². The molecule has 3 rings (SSSR count). The topological polar surface area (TPSA) is 74.2 Å². The highest BCUT2D eigenvalue weighted by Crippen LogP contribution is 2.35. The Morgan fingerprint density at radius 3 is 2.22 bits per heavy atom. The molecule has 0 aliphatic carbocycles. The van der Waals surface area contributed by atoms with Gasteiger partial charge in [0.2, 0.25) is 0 Å². The van der Waals surface area contributed by atoms with Gasteiger partial charge in [0, 0.05) is 6.42 Å². The SMILES string of the molecule is CCCCCCCCCC[C@H]1OC(C)(C)O[C@@H]1CC[C@@H](O)[C@@H]1CC[C@@H]([C@H]2CCC(=O)O2)O1. The van der Waals surface area contributed by atoms with E-state index in [4.69, 9.17) is 18.9 Å². The van der Waals surface area contributed by atoms with Crippen molar-refractivity contribution in [2.24, 2.45) is 0 Å². The van der Waals surface area contributed by atoms with Crippen molar-refractivity contribution in [2.45, 2.75) is 159 Å². The molecule has 32 heavy (non-hydrogen) atoms. The number of unbranched alkanes of at least 4 members (excludes halogenated alkanes) is 7. The molecule has 6 atom stereocenters. The first kappa shape index (κ1) is 25.9. The third kappa shape index (κ3) is 7.96. The molecule has 1 N–H and O–H groups in total. The van der Waals surface area contributed by atoms with Crippen LogP contribution in [0.25, 0.3) is 0 Å². The minimum Gasteiger partial charge on any atom is -0.460 e. The molecular formula is C26H46O6. The van der Waals surface area contributed by atoms with Crippen molar-refractivity contribution < 1.29 is 28.8 Å². The molecule has 3 aliphatic heterocycles. The molecule has 3 fully saturated rings. The van der Waals surface area contributed by atoms with Gasteiger partial charge in [0.25, 0.3) is 0 Å². The van der Waals surface area contributed by atoms with Crippen LogP contribution in [0.2, 0.25) is 0 Å². The van der Waals surface area contributed by atoms with E-state index in [0.29, 0.717) is 12.8 Å². The zero-order chi connectivity index (χ0) is 23.0. The van der Waals surface area contributed by atoms with Crippen molar-refractivity contribution in [3.05, 3.63) is 0 Å². The van der Waals surface area contributed by atoms with Crippen LogP contribution < -0.4 is 0 Å². The van der Waals surface area contributed by atoms with Gasteiger partial charge in [-0.15, -0.1) is 0 Å². The summed E-state index contributed by atoms with van der Waals surface area (Å²) < 4.78 is 23.8. The van der Waals surface area contributed by atoms with Crippen LogP contribution in [0.1, 0.15) is 117 Å². The van der Waals surface area contributed by atoms with E-state index in [1.807, 2.05) is 13.8 Å². The lowest BCUT2D eigenvalue weighted by molar-refractivity contribution is -0.150. The molecule has 6 nitrogen and oxygen atoms in total. The first-order valence-corrected chi connectivity index (χ1v) is 13.3. The van der Waals surface area contributed by atoms with Crippen LogP contribution in [-0.2, 0) is 23.7 Å². The molecular weight excluding hydrogens is 408 g/mol. The number of carbonyl (C=O) groups excluding carboxylic acids is 1. The van der Waals surface area contributed by atoms with Gasteiger partial charge in [-0.25, -0.2) is 0 Å². The predicted octanol–water partition coefficient (Wildman–Crippen LogP) is 5.43. The molecule has 6 heteroatoms. The minimum absolute atomic E-state index is 0.0252. The smallest absolute Gasteiger partial charge is 0.306 e. The maximum atomic E-state index is 11.4. The number of aliphatic hydroxyl groups excluding tert-OH is 1. The average Bonchev–Trinajstić information content (AvgIpc) is 3.46. The summed E-state index contributed by atoms with van der Waals surface area (Å²) in [6, 6.07) is 0. The van der Waals surface area contributed by atoms with Gasteiger partial charge < -0.3 is 24.1 Å². The number of cyclic esters (lactones) is 1. The van der Waals surface area contributed by atoms with Crippen LogP contribution in [0.4, 0.5) is 0 Å². The maximum absolute atomic E-state index is 11.4. The number of hydrogen-bond donors (Lipinski definition) is 1. The molecule has 0 unspecified atom stereocenters. The van der Waals surface area contributed by atoms with Crippen molar-refractivity contribution in [1.29, 1.82) is 0 Å². The lowest BCUT2D eigenvalue weighted by atomic mass is 9.97. The van der Waals surface area contributed by atoms with Gasteiger partial charge in [0.15, 0.2) is 5.79 Å². The molecule has 0 aromatic rings. The Labute approximate surface area is 194 Å². The second-order valence-electron chi connectivity index (χ2n) is 10.5. The number of ether oxygens (including phenoxy) is 4. The first-order chi connectivity index (χ1) is 15.4. The molecule has 3 heterocycles. The van der Waals surface area contributed by atoms with Gasteiger partial charge in [-0.3, -0.25) is 4.79 Å². The fourth-order valence-electron chi connectivity index (χ4n) is 5.45. The normalized spacial score (nSPS) is 33.0.